The lowest BCUT2D eigenvalue weighted by Gasteiger charge is -2.33. The van der Waals surface area contributed by atoms with Crippen LogP contribution < -0.4 is 26.8 Å². The Morgan fingerprint density at radius 2 is 1.92 bits per heavy atom. The standard InChI is InChI=1S/C26H39N7O4/c1-15(2)19-11-18(14-33(16(3)4)23(19)35)29-22-20(21(27)34)12-28-24(31-22)32-10-8-9-17(13-32)30-25(36)37-26(5,6)7/h11-12,14-17H,8-10,13H2,1-7H3,(H2,27,34)(H,30,36)(H,28,29,31)/t17-/m0/s1. The van der Waals surface area contributed by atoms with Crippen molar-refractivity contribution in [2.24, 2.45) is 5.73 Å². The van der Waals surface area contributed by atoms with E-state index in [-0.39, 0.29) is 34.9 Å². The highest BCUT2D eigenvalue weighted by Gasteiger charge is 2.26. The van der Waals surface area contributed by atoms with Gasteiger partial charge in [-0.05, 0) is 59.4 Å². The highest BCUT2D eigenvalue weighted by molar-refractivity contribution is 5.98. The molecule has 1 atom stereocenters. The van der Waals surface area contributed by atoms with Crippen molar-refractivity contribution in [2.75, 3.05) is 23.3 Å². The normalized spacial score (nSPS) is 16.1. The van der Waals surface area contributed by atoms with E-state index >= 15 is 0 Å². The first-order chi connectivity index (χ1) is 17.2. The van der Waals surface area contributed by atoms with Crippen LogP contribution in [-0.2, 0) is 4.74 Å². The fraction of sp³-hybridized carbons (Fsp3) is 0.577. The van der Waals surface area contributed by atoms with Crippen molar-refractivity contribution in [3.8, 4) is 0 Å². The number of anilines is 3. The van der Waals surface area contributed by atoms with E-state index < -0.39 is 17.6 Å². The number of hydrogen-bond donors (Lipinski definition) is 3. The molecule has 2 aromatic heterocycles. The number of nitrogens with two attached hydrogens (primary N) is 1. The SMILES string of the molecule is CC(C)c1cc(Nc2nc(N3CCC[C@H](NC(=O)OC(C)(C)C)C3)ncc2C(N)=O)cn(C(C)C)c1=O. The van der Waals surface area contributed by atoms with Crippen LogP contribution in [0.25, 0.3) is 0 Å². The molecule has 3 heterocycles. The van der Waals surface area contributed by atoms with Gasteiger partial charge in [0, 0.05) is 43.1 Å². The summed E-state index contributed by atoms with van der Waals surface area (Å²) in [5.74, 6) is 0.00449. The van der Waals surface area contributed by atoms with Crippen molar-refractivity contribution < 1.29 is 14.3 Å². The average molecular weight is 514 g/mol. The smallest absolute Gasteiger partial charge is 0.407 e. The number of piperidine rings is 1. The number of aromatic nitrogens is 3. The maximum atomic E-state index is 12.9. The number of ether oxygens (including phenoxy) is 1. The predicted molar refractivity (Wildman–Crippen MR) is 144 cm³/mol. The van der Waals surface area contributed by atoms with Gasteiger partial charge in [0.05, 0.1) is 5.69 Å². The van der Waals surface area contributed by atoms with E-state index in [1.807, 2.05) is 53.4 Å². The third kappa shape index (κ3) is 7.21. The van der Waals surface area contributed by atoms with Crippen molar-refractivity contribution in [1.82, 2.24) is 19.9 Å². The van der Waals surface area contributed by atoms with E-state index in [4.69, 9.17) is 10.5 Å². The van der Waals surface area contributed by atoms with Crippen molar-refractivity contribution in [3.05, 3.63) is 39.9 Å². The molecule has 202 valence electrons. The van der Waals surface area contributed by atoms with Gasteiger partial charge >= 0.3 is 6.09 Å². The molecule has 1 aliphatic rings. The van der Waals surface area contributed by atoms with Gasteiger partial charge in [-0.3, -0.25) is 9.59 Å². The molecular weight excluding hydrogens is 474 g/mol. The zero-order valence-electron chi connectivity index (χ0n) is 22.8. The maximum Gasteiger partial charge on any atom is 0.407 e. The number of carbonyl (C=O) groups excluding carboxylic acids is 2. The maximum absolute atomic E-state index is 12.9. The van der Waals surface area contributed by atoms with Crippen LogP contribution in [0, 0.1) is 0 Å². The van der Waals surface area contributed by atoms with Gasteiger partial charge in [-0.2, -0.15) is 4.98 Å². The molecule has 11 heteroatoms. The summed E-state index contributed by atoms with van der Waals surface area (Å²) in [4.78, 5) is 48.2. The molecule has 0 aliphatic carbocycles. The quantitative estimate of drug-likeness (QED) is 0.508. The fourth-order valence-electron chi connectivity index (χ4n) is 4.18. The summed E-state index contributed by atoms with van der Waals surface area (Å²) in [6.45, 7) is 14.4. The first-order valence-corrected chi connectivity index (χ1v) is 12.7. The average Bonchev–Trinajstić information content (AvgIpc) is 2.78. The van der Waals surface area contributed by atoms with Crippen LogP contribution in [0.4, 0.5) is 22.2 Å². The minimum absolute atomic E-state index is 0.0126. The molecule has 2 amide bonds. The van der Waals surface area contributed by atoms with Crippen LogP contribution in [0.3, 0.4) is 0 Å². The number of alkyl carbamates (subject to hydrolysis) is 1. The zero-order chi connectivity index (χ0) is 27.5. The Balaban J connectivity index is 1.89. The summed E-state index contributed by atoms with van der Waals surface area (Å²) in [5, 5.41) is 6.11. The topological polar surface area (TPSA) is 144 Å². The Morgan fingerprint density at radius 1 is 1.22 bits per heavy atom. The zero-order valence-corrected chi connectivity index (χ0v) is 22.8. The summed E-state index contributed by atoms with van der Waals surface area (Å²) in [7, 11) is 0. The highest BCUT2D eigenvalue weighted by Crippen LogP contribution is 2.25. The minimum atomic E-state index is -0.668. The summed E-state index contributed by atoms with van der Waals surface area (Å²) < 4.78 is 7.04. The van der Waals surface area contributed by atoms with Gasteiger partial charge < -0.3 is 30.6 Å². The van der Waals surface area contributed by atoms with Crippen LogP contribution in [0.1, 0.15) is 89.2 Å². The van der Waals surface area contributed by atoms with E-state index in [1.54, 1.807) is 16.8 Å². The largest absolute Gasteiger partial charge is 0.444 e. The third-order valence-electron chi connectivity index (χ3n) is 5.98. The number of hydrogen-bond acceptors (Lipinski definition) is 8. The molecule has 0 bridgehead atoms. The Morgan fingerprint density at radius 3 is 2.51 bits per heavy atom. The van der Waals surface area contributed by atoms with Crippen LogP contribution in [0.2, 0.25) is 0 Å². The molecule has 4 N–H and O–H groups in total. The Hall–Kier alpha value is -3.63. The van der Waals surface area contributed by atoms with Gasteiger partial charge in [0.2, 0.25) is 5.95 Å². The Labute approximate surface area is 217 Å². The molecule has 0 saturated carbocycles. The fourth-order valence-corrected chi connectivity index (χ4v) is 4.18. The number of carbonyl (C=O) groups is 2. The lowest BCUT2D eigenvalue weighted by Crippen LogP contribution is -2.49. The first kappa shape index (κ1) is 27.9. The molecule has 3 rings (SSSR count). The Bertz CT molecular complexity index is 1170. The van der Waals surface area contributed by atoms with Crippen molar-refractivity contribution in [2.45, 2.75) is 84.9 Å². The van der Waals surface area contributed by atoms with Crippen LogP contribution in [0.5, 0.6) is 0 Å². The van der Waals surface area contributed by atoms with E-state index in [2.05, 4.69) is 20.6 Å². The molecule has 1 saturated heterocycles. The van der Waals surface area contributed by atoms with Gasteiger partial charge in [-0.1, -0.05) is 13.8 Å². The lowest BCUT2D eigenvalue weighted by molar-refractivity contribution is 0.0499. The van der Waals surface area contributed by atoms with Gasteiger partial charge in [0.1, 0.15) is 17.0 Å². The van der Waals surface area contributed by atoms with Crippen LogP contribution in [0.15, 0.2) is 23.3 Å². The number of amides is 2. The monoisotopic (exact) mass is 513 g/mol. The Kier molecular flexibility index (Phi) is 8.45. The predicted octanol–water partition coefficient (Wildman–Crippen LogP) is 3.68. The molecule has 0 aromatic carbocycles. The van der Waals surface area contributed by atoms with Crippen molar-refractivity contribution in [3.63, 3.8) is 0 Å². The molecule has 0 spiro atoms. The summed E-state index contributed by atoms with van der Waals surface area (Å²) in [6.07, 6.45) is 4.27. The number of nitrogens with one attached hydrogen (secondary N) is 2. The summed E-state index contributed by atoms with van der Waals surface area (Å²) in [5.41, 5.74) is 6.39. The molecule has 0 unspecified atom stereocenters. The van der Waals surface area contributed by atoms with E-state index in [9.17, 15) is 14.4 Å². The number of pyridine rings is 1. The van der Waals surface area contributed by atoms with Crippen LogP contribution >= 0.6 is 0 Å². The first-order valence-electron chi connectivity index (χ1n) is 12.7. The molecule has 37 heavy (non-hydrogen) atoms. The number of primary amides is 1. The minimum Gasteiger partial charge on any atom is -0.444 e. The number of nitrogens with zero attached hydrogens (tertiary/aromatic N) is 4. The molecule has 11 nitrogen and oxygen atoms in total. The molecule has 1 fully saturated rings. The van der Waals surface area contributed by atoms with E-state index in [0.717, 1.165) is 12.8 Å². The van der Waals surface area contributed by atoms with Gasteiger partial charge in [0.25, 0.3) is 11.5 Å². The number of rotatable bonds is 7. The molecule has 0 radical (unpaired) electrons. The molecular formula is C26H39N7O4. The second-order valence-electron chi connectivity index (χ2n) is 11.0. The lowest BCUT2D eigenvalue weighted by atomic mass is 10.0. The van der Waals surface area contributed by atoms with Crippen molar-refractivity contribution >= 4 is 29.5 Å². The highest BCUT2D eigenvalue weighted by atomic mass is 16.6. The summed E-state index contributed by atoms with van der Waals surface area (Å²) >= 11 is 0. The van der Waals surface area contributed by atoms with Gasteiger partial charge in [-0.15, -0.1) is 0 Å². The second kappa shape index (κ2) is 11.2. The third-order valence-corrected chi connectivity index (χ3v) is 5.98. The van der Waals surface area contributed by atoms with Gasteiger partial charge in [-0.25, -0.2) is 9.78 Å². The van der Waals surface area contributed by atoms with Gasteiger partial charge in [0.15, 0.2) is 0 Å². The van der Waals surface area contributed by atoms with E-state index in [0.29, 0.717) is 30.3 Å². The van der Waals surface area contributed by atoms with Crippen LogP contribution in [-0.4, -0.2) is 51.3 Å². The second-order valence-corrected chi connectivity index (χ2v) is 11.0. The van der Waals surface area contributed by atoms with Crippen molar-refractivity contribution in [1.29, 1.82) is 0 Å². The van der Waals surface area contributed by atoms with E-state index in [1.165, 1.54) is 6.20 Å². The summed E-state index contributed by atoms with van der Waals surface area (Å²) in [6, 6.07) is 1.59. The molecule has 1 aliphatic heterocycles. The molecule has 2 aromatic rings.